The van der Waals surface area contributed by atoms with Crippen molar-refractivity contribution in [2.24, 2.45) is 0 Å². The van der Waals surface area contributed by atoms with Crippen LogP contribution in [0.25, 0.3) is 0 Å². The second kappa shape index (κ2) is 6.58. The Balaban J connectivity index is 2.01. The van der Waals surface area contributed by atoms with E-state index in [2.05, 4.69) is 81.2 Å². The van der Waals surface area contributed by atoms with Crippen LogP contribution in [0.3, 0.4) is 0 Å². The molecule has 0 N–H and O–H groups in total. The van der Waals surface area contributed by atoms with E-state index in [9.17, 15) is 0 Å². The third-order valence-electron chi connectivity index (χ3n) is 5.14. The normalized spacial score (nSPS) is 15.0. The predicted octanol–water partition coefficient (Wildman–Crippen LogP) is 5.16. The van der Waals surface area contributed by atoms with Gasteiger partial charge in [0.05, 0.1) is 44.1 Å². The van der Waals surface area contributed by atoms with Crippen LogP contribution in [0.2, 0.25) is 0 Å². The molecule has 122 valence electrons. The number of benzene rings is 2. The summed E-state index contributed by atoms with van der Waals surface area (Å²) in [6.45, 7) is 10.5. The summed E-state index contributed by atoms with van der Waals surface area (Å²) in [5.41, 5.74) is 2.70. The van der Waals surface area contributed by atoms with Gasteiger partial charge in [-0.25, -0.2) is 0 Å². The average Bonchev–Trinajstić information content (AvgIpc) is 2.59. The van der Waals surface area contributed by atoms with Crippen LogP contribution in [0, 0.1) is 0 Å². The first-order valence-corrected chi connectivity index (χ1v) is 9.38. The summed E-state index contributed by atoms with van der Waals surface area (Å²) in [7, 11) is 2.37. The highest BCUT2D eigenvalue weighted by molar-refractivity contribution is 7.99. The van der Waals surface area contributed by atoms with E-state index in [1.54, 1.807) is 0 Å². The minimum absolute atomic E-state index is 0.461. The van der Waals surface area contributed by atoms with Crippen LogP contribution in [-0.2, 0) is 0 Å². The monoisotopic (exact) mass is 327 g/mol. The van der Waals surface area contributed by atoms with Crippen molar-refractivity contribution < 1.29 is 4.48 Å². The summed E-state index contributed by atoms with van der Waals surface area (Å²) in [6, 6.07) is 18.0. The van der Waals surface area contributed by atoms with Crippen molar-refractivity contribution in [2.45, 2.75) is 36.6 Å². The molecule has 2 aromatic rings. The van der Waals surface area contributed by atoms with Crippen LogP contribution in [0.1, 0.15) is 20.8 Å². The van der Waals surface area contributed by atoms with Crippen LogP contribution in [-0.4, -0.2) is 37.2 Å². The summed E-state index contributed by atoms with van der Waals surface area (Å²) in [5, 5.41) is 0. The quantitative estimate of drug-likeness (QED) is 0.698. The van der Waals surface area contributed by atoms with Crippen LogP contribution < -0.4 is 4.90 Å². The molecule has 1 heterocycles. The van der Waals surface area contributed by atoms with Crippen molar-refractivity contribution in [3.05, 3.63) is 48.5 Å². The van der Waals surface area contributed by atoms with Gasteiger partial charge in [-0.05, 0) is 45.0 Å². The fourth-order valence-corrected chi connectivity index (χ4v) is 4.48. The third-order valence-corrected chi connectivity index (χ3v) is 6.27. The first kappa shape index (κ1) is 16.4. The van der Waals surface area contributed by atoms with E-state index in [4.69, 9.17) is 0 Å². The van der Waals surface area contributed by atoms with Crippen molar-refractivity contribution in [1.29, 1.82) is 0 Å². The maximum atomic E-state index is 2.54. The molecule has 0 bridgehead atoms. The number of hydrogen-bond acceptors (Lipinski definition) is 2. The van der Waals surface area contributed by atoms with Gasteiger partial charge >= 0.3 is 0 Å². The average molecular weight is 328 g/mol. The maximum absolute atomic E-state index is 2.54. The Kier molecular flexibility index (Phi) is 4.69. The molecule has 0 radical (unpaired) electrons. The van der Waals surface area contributed by atoms with Gasteiger partial charge in [0, 0.05) is 9.79 Å². The molecular weight excluding hydrogens is 300 g/mol. The Morgan fingerprint density at radius 2 is 1.39 bits per heavy atom. The highest BCUT2D eigenvalue weighted by Gasteiger charge is 2.30. The van der Waals surface area contributed by atoms with E-state index in [-0.39, 0.29) is 0 Å². The van der Waals surface area contributed by atoms with Crippen LogP contribution >= 0.6 is 11.8 Å². The van der Waals surface area contributed by atoms with Gasteiger partial charge in [-0.2, -0.15) is 0 Å². The molecule has 3 heteroatoms. The Labute approximate surface area is 144 Å². The number of rotatable bonds is 5. The fourth-order valence-electron chi connectivity index (χ4n) is 3.41. The second-order valence-electron chi connectivity index (χ2n) is 6.69. The maximum Gasteiger partial charge on any atom is 0.0992 e. The molecule has 2 nitrogen and oxygen atoms in total. The number of hydrogen-bond donors (Lipinski definition) is 0. The van der Waals surface area contributed by atoms with Gasteiger partial charge in [-0.1, -0.05) is 36.0 Å². The smallest absolute Gasteiger partial charge is 0.0992 e. The highest BCUT2D eigenvalue weighted by atomic mass is 32.2. The zero-order valence-electron chi connectivity index (χ0n) is 14.6. The van der Waals surface area contributed by atoms with E-state index in [1.807, 2.05) is 11.8 Å². The fraction of sp³-hybridized carbons (Fsp3) is 0.400. The van der Waals surface area contributed by atoms with E-state index in [0.717, 1.165) is 11.0 Å². The largest absolute Gasteiger partial charge is 0.331 e. The van der Waals surface area contributed by atoms with Gasteiger partial charge in [-0.3, -0.25) is 0 Å². The lowest BCUT2D eigenvalue weighted by atomic mass is 10.1. The van der Waals surface area contributed by atoms with Crippen LogP contribution in [0.4, 0.5) is 11.4 Å². The molecule has 0 fully saturated rings. The number of fused-ring (bicyclic) bond motifs is 2. The topological polar surface area (TPSA) is 3.24 Å². The Morgan fingerprint density at radius 1 is 0.913 bits per heavy atom. The number of nitrogens with zero attached hydrogens (tertiary/aromatic N) is 2. The number of likely N-dealkylation sites (N-methyl/N-ethyl adjacent to an activating group) is 1. The minimum Gasteiger partial charge on any atom is -0.331 e. The Morgan fingerprint density at radius 3 is 1.87 bits per heavy atom. The van der Waals surface area contributed by atoms with Gasteiger partial charge in [0.1, 0.15) is 0 Å². The molecule has 1 atom stereocenters. The molecule has 3 rings (SSSR count). The Hall–Kier alpha value is -1.45. The summed E-state index contributed by atoms with van der Waals surface area (Å²) in [4.78, 5) is 5.27. The zero-order valence-corrected chi connectivity index (χ0v) is 15.4. The van der Waals surface area contributed by atoms with Gasteiger partial charge in [0.15, 0.2) is 0 Å². The lowest BCUT2D eigenvalue weighted by Gasteiger charge is -2.42. The van der Waals surface area contributed by atoms with Crippen molar-refractivity contribution in [2.75, 3.05) is 31.6 Å². The number of quaternary nitrogens is 1. The van der Waals surface area contributed by atoms with Crippen molar-refractivity contribution >= 4 is 23.1 Å². The molecular formula is C20H27N2S+. The lowest BCUT2D eigenvalue weighted by molar-refractivity contribution is -0.906. The highest BCUT2D eigenvalue weighted by Crippen LogP contribution is 2.48. The summed E-state index contributed by atoms with van der Waals surface area (Å²) >= 11 is 1.89. The molecule has 0 aromatic heterocycles. The zero-order chi connectivity index (χ0) is 16.4. The third kappa shape index (κ3) is 3.13. The molecule has 23 heavy (non-hydrogen) atoms. The molecule has 0 spiro atoms. The van der Waals surface area contributed by atoms with Crippen LogP contribution in [0.5, 0.6) is 0 Å². The molecule has 0 saturated heterocycles. The van der Waals surface area contributed by atoms with E-state index >= 15 is 0 Å². The van der Waals surface area contributed by atoms with Gasteiger partial charge < -0.3 is 9.38 Å². The molecule has 0 saturated carbocycles. The molecule has 1 aliphatic heterocycles. The van der Waals surface area contributed by atoms with E-state index in [1.165, 1.54) is 34.3 Å². The SMILES string of the molecule is CC[N+](C)(CC)C[C@H](C)N1c2ccccc2Sc2ccccc21. The second-order valence-corrected chi connectivity index (χ2v) is 7.77. The standard InChI is InChI=1S/C20H27N2S/c1-5-22(4,6-2)15-16(3)21-17-11-7-9-13-19(17)23-20-14-10-8-12-18(20)21/h7-14,16H,5-6,15H2,1-4H3/q+1/t16-/m0/s1. The van der Waals surface area contributed by atoms with Crippen molar-refractivity contribution in [1.82, 2.24) is 0 Å². The van der Waals surface area contributed by atoms with Gasteiger partial charge in [0.25, 0.3) is 0 Å². The summed E-state index contributed by atoms with van der Waals surface area (Å²) < 4.78 is 1.11. The molecule has 0 aliphatic carbocycles. The number of para-hydroxylation sites is 2. The molecule has 0 amide bonds. The van der Waals surface area contributed by atoms with E-state index in [0.29, 0.717) is 6.04 Å². The lowest BCUT2D eigenvalue weighted by Crippen LogP contribution is -2.51. The van der Waals surface area contributed by atoms with Gasteiger partial charge in [0.2, 0.25) is 0 Å². The molecule has 1 aliphatic rings. The van der Waals surface area contributed by atoms with E-state index < -0.39 is 0 Å². The first-order valence-electron chi connectivity index (χ1n) is 8.56. The first-order chi connectivity index (χ1) is 11.1. The summed E-state index contributed by atoms with van der Waals surface area (Å²) in [6.07, 6.45) is 0. The Bertz CT molecular complexity index is 633. The molecule has 0 unspecified atom stereocenters. The predicted molar refractivity (Wildman–Crippen MR) is 101 cm³/mol. The van der Waals surface area contributed by atoms with Crippen LogP contribution in [0.15, 0.2) is 58.3 Å². The minimum atomic E-state index is 0.461. The number of anilines is 2. The molecule has 2 aromatic carbocycles. The van der Waals surface area contributed by atoms with Crippen molar-refractivity contribution in [3.63, 3.8) is 0 Å². The van der Waals surface area contributed by atoms with Crippen molar-refractivity contribution in [3.8, 4) is 0 Å². The summed E-state index contributed by atoms with van der Waals surface area (Å²) in [5.74, 6) is 0. The van der Waals surface area contributed by atoms with Gasteiger partial charge in [-0.15, -0.1) is 0 Å².